The molecule has 92 valence electrons. The Kier molecular flexibility index (Phi) is 7.41. The molecule has 0 atom stereocenters. The molecule has 4 heteroatoms. The molecule has 3 nitrogen and oxygen atoms in total. The van der Waals surface area contributed by atoms with E-state index in [0.717, 1.165) is 4.44 Å². The normalized spacial score (nSPS) is 13.2. The molecule has 0 heterocycles. The predicted octanol–water partition coefficient (Wildman–Crippen LogP) is 3.08. The minimum atomic E-state index is -3.23. The fourth-order valence-electron chi connectivity index (χ4n) is 1.59. The Hall–Kier alpha value is 0.679. The Labute approximate surface area is 100.0 Å². The molecular formula is C11H26O3Sn. The van der Waals surface area contributed by atoms with Gasteiger partial charge in [0.25, 0.3) is 0 Å². The van der Waals surface area contributed by atoms with Crippen molar-refractivity contribution in [1.29, 1.82) is 0 Å². The van der Waals surface area contributed by atoms with Crippen LogP contribution in [0.3, 0.4) is 0 Å². The van der Waals surface area contributed by atoms with Gasteiger partial charge in [-0.2, -0.15) is 0 Å². The van der Waals surface area contributed by atoms with Gasteiger partial charge in [0.2, 0.25) is 0 Å². The Morgan fingerprint density at radius 2 is 1.13 bits per heavy atom. The van der Waals surface area contributed by atoms with Gasteiger partial charge in [-0.15, -0.1) is 0 Å². The van der Waals surface area contributed by atoms with Crippen molar-refractivity contribution < 1.29 is 9.22 Å². The van der Waals surface area contributed by atoms with Gasteiger partial charge in [0, 0.05) is 0 Å². The van der Waals surface area contributed by atoms with Crippen molar-refractivity contribution in [1.82, 2.24) is 0 Å². The maximum absolute atomic E-state index is 5.85. The van der Waals surface area contributed by atoms with Crippen LogP contribution >= 0.6 is 0 Å². The van der Waals surface area contributed by atoms with Crippen LogP contribution in [-0.2, 0) is 9.22 Å². The van der Waals surface area contributed by atoms with Gasteiger partial charge < -0.3 is 0 Å². The second-order valence-corrected chi connectivity index (χ2v) is 12.1. The first-order chi connectivity index (χ1) is 6.89. The predicted molar refractivity (Wildman–Crippen MR) is 64.9 cm³/mol. The molecule has 0 fully saturated rings. The summed E-state index contributed by atoms with van der Waals surface area (Å²) >= 11 is -3.23. The minimum absolute atomic E-state index is 0.204. The molecule has 0 saturated heterocycles. The Balaban J connectivity index is 4.60. The van der Waals surface area contributed by atoms with E-state index in [9.17, 15) is 0 Å². The first-order valence-electron chi connectivity index (χ1n) is 5.81. The molecule has 0 aliphatic rings. The Morgan fingerprint density at radius 1 is 0.800 bits per heavy atom. The van der Waals surface area contributed by atoms with E-state index < -0.39 is 19.6 Å². The summed E-state index contributed by atoms with van der Waals surface area (Å²) in [6.07, 6.45) is 0. The fourth-order valence-corrected chi connectivity index (χ4v) is 10.6. The van der Waals surface area contributed by atoms with Gasteiger partial charge >= 0.3 is 100 Å². The molecule has 0 rings (SSSR count). The quantitative estimate of drug-likeness (QED) is 0.674. The number of hydrogen-bond acceptors (Lipinski definition) is 3. The first kappa shape index (κ1) is 15.7. The average molecular weight is 325 g/mol. The van der Waals surface area contributed by atoms with Crippen LogP contribution in [0.5, 0.6) is 0 Å². The molecule has 0 unspecified atom stereocenters. The van der Waals surface area contributed by atoms with Gasteiger partial charge in [0.05, 0.1) is 0 Å². The second-order valence-electron chi connectivity index (χ2n) is 4.72. The average Bonchev–Trinajstić information content (AvgIpc) is 2.01. The summed E-state index contributed by atoms with van der Waals surface area (Å²) in [6, 6.07) is 0. The van der Waals surface area contributed by atoms with Gasteiger partial charge in [-0.05, 0) is 0 Å². The van der Waals surface area contributed by atoms with Gasteiger partial charge in [0.15, 0.2) is 0 Å². The molecule has 0 N–H and O–H groups in total. The molecule has 0 aromatic heterocycles. The van der Waals surface area contributed by atoms with Crippen molar-refractivity contribution in [2.75, 3.05) is 19.8 Å². The third-order valence-electron chi connectivity index (χ3n) is 1.84. The summed E-state index contributed by atoms with van der Waals surface area (Å²) in [5, 5.41) is 0. The zero-order valence-corrected chi connectivity index (χ0v) is 13.9. The molecule has 15 heavy (non-hydrogen) atoms. The summed E-state index contributed by atoms with van der Waals surface area (Å²) < 4.78 is 18.5. The van der Waals surface area contributed by atoms with Crippen LogP contribution in [0.4, 0.5) is 0 Å². The molecule has 0 aliphatic carbocycles. The molecule has 0 aromatic rings. The third kappa shape index (κ3) is 6.76. The molecule has 0 spiro atoms. The van der Waals surface area contributed by atoms with Crippen LogP contribution in [0.1, 0.15) is 41.5 Å². The molecule has 0 aromatic carbocycles. The molecule has 0 saturated carbocycles. The standard InChI is InChI=1S/C5H11.3C2H5O.Sn/c1-5(2,3)4;3*1-2-3;/h1H2,2-4H3;3*2H2,1H3;/q;3*-1;+3. The van der Waals surface area contributed by atoms with E-state index in [1.54, 1.807) is 0 Å². The summed E-state index contributed by atoms with van der Waals surface area (Å²) in [5.41, 5.74) is 0.204. The van der Waals surface area contributed by atoms with Crippen LogP contribution in [0.15, 0.2) is 0 Å². The van der Waals surface area contributed by atoms with E-state index in [1.165, 1.54) is 0 Å². The Bertz CT molecular complexity index is 149. The monoisotopic (exact) mass is 326 g/mol. The summed E-state index contributed by atoms with van der Waals surface area (Å²) in [4.78, 5) is 0. The molecule has 0 bridgehead atoms. The van der Waals surface area contributed by atoms with Gasteiger partial charge in [-0.3, -0.25) is 0 Å². The van der Waals surface area contributed by atoms with E-state index in [4.69, 9.17) is 9.22 Å². The van der Waals surface area contributed by atoms with Crippen molar-refractivity contribution in [2.24, 2.45) is 5.41 Å². The molecule has 0 radical (unpaired) electrons. The zero-order chi connectivity index (χ0) is 11.9. The third-order valence-corrected chi connectivity index (χ3v) is 12.3. The summed E-state index contributed by atoms with van der Waals surface area (Å²) in [7, 11) is 0. The topological polar surface area (TPSA) is 27.7 Å². The van der Waals surface area contributed by atoms with Crippen LogP contribution in [0.2, 0.25) is 4.44 Å². The second kappa shape index (κ2) is 7.09. The van der Waals surface area contributed by atoms with Crippen LogP contribution in [0.25, 0.3) is 0 Å². The van der Waals surface area contributed by atoms with Crippen LogP contribution in [0, 0.1) is 5.41 Å². The van der Waals surface area contributed by atoms with Gasteiger partial charge in [-0.1, -0.05) is 0 Å². The molecule has 0 aliphatic heterocycles. The molecular weight excluding hydrogens is 299 g/mol. The van der Waals surface area contributed by atoms with Crippen LogP contribution in [-0.4, -0.2) is 39.4 Å². The maximum atomic E-state index is 5.85. The summed E-state index contributed by atoms with van der Waals surface area (Å²) in [6.45, 7) is 14.7. The van der Waals surface area contributed by atoms with Crippen molar-refractivity contribution in [3.05, 3.63) is 0 Å². The fraction of sp³-hybridized carbons (Fsp3) is 1.00. The van der Waals surface area contributed by atoms with E-state index in [0.29, 0.717) is 19.8 Å². The Morgan fingerprint density at radius 3 is 1.33 bits per heavy atom. The van der Waals surface area contributed by atoms with Crippen molar-refractivity contribution in [3.63, 3.8) is 0 Å². The van der Waals surface area contributed by atoms with E-state index in [2.05, 4.69) is 20.8 Å². The van der Waals surface area contributed by atoms with Crippen molar-refractivity contribution in [3.8, 4) is 0 Å². The van der Waals surface area contributed by atoms with Crippen molar-refractivity contribution >= 4 is 19.6 Å². The van der Waals surface area contributed by atoms with Crippen LogP contribution < -0.4 is 0 Å². The summed E-state index contributed by atoms with van der Waals surface area (Å²) in [5.74, 6) is 0. The van der Waals surface area contributed by atoms with Crippen molar-refractivity contribution in [2.45, 2.75) is 46.0 Å². The van der Waals surface area contributed by atoms with E-state index >= 15 is 0 Å². The zero-order valence-electron chi connectivity index (χ0n) is 11.1. The number of rotatable bonds is 7. The first-order valence-corrected chi connectivity index (χ1v) is 11.3. The van der Waals surface area contributed by atoms with E-state index in [-0.39, 0.29) is 5.41 Å². The van der Waals surface area contributed by atoms with Gasteiger partial charge in [-0.25, -0.2) is 0 Å². The van der Waals surface area contributed by atoms with E-state index in [1.807, 2.05) is 20.8 Å². The van der Waals surface area contributed by atoms with Gasteiger partial charge in [0.1, 0.15) is 0 Å². The number of hydrogen-bond donors (Lipinski definition) is 0. The SMILES string of the molecule is CC[O][Sn]([CH2]C(C)(C)C)([O]CC)[O]CC. The molecule has 0 amide bonds.